The molecule has 6 heteroatoms. The van der Waals surface area contributed by atoms with Gasteiger partial charge in [0.05, 0.1) is 0 Å². The van der Waals surface area contributed by atoms with E-state index in [1.54, 1.807) is 0 Å². The summed E-state index contributed by atoms with van der Waals surface area (Å²) in [5, 5.41) is 10.2. The van der Waals surface area contributed by atoms with Crippen LogP contribution in [0.25, 0.3) is 11.5 Å². The third kappa shape index (κ3) is 3.42. The first-order valence-electron chi connectivity index (χ1n) is 7.00. The van der Waals surface area contributed by atoms with Crippen LogP contribution in [0.15, 0.2) is 46.9 Å². The third-order valence-corrected chi connectivity index (χ3v) is 3.22. The second-order valence-corrected chi connectivity index (χ2v) is 5.25. The number of rotatable bonds is 3. The van der Waals surface area contributed by atoms with E-state index in [0.29, 0.717) is 11.5 Å². The molecular weight excluding hydrogens is 297 g/mol. The van der Waals surface area contributed by atoms with Gasteiger partial charge in [0.1, 0.15) is 5.82 Å². The van der Waals surface area contributed by atoms with Crippen molar-refractivity contribution in [2.75, 3.05) is 5.32 Å². The van der Waals surface area contributed by atoms with Gasteiger partial charge in [0.25, 0.3) is 5.91 Å². The molecule has 0 unspecified atom stereocenters. The Morgan fingerprint density at radius 1 is 1.04 bits per heavy atom. The number of hydrogen-bond acceptors (Lipinski definition) is 4. The monoisotopic (exact) mass is 311 g/mol. The van der Waals surface area contributed by atoms with Gasteiger partial charge < -0.3 is 4.42 Å². The van der Waals surface area contributed by atoms with Crippen LogP contribution in [0, 0.1) is 19.7 Å². The van der Waals surface area contributed by atoms with Crippen LogP contribution in [0.4, 0.5) is 10.4 Å². The predicted molar refractivity (Wildman–Crippen MR) is 83.6 cm³/mol. The van der Waals surface area contributed by atoms with Gasteiger partial charge in [-0.3, -0.25) is 10.1 Å². The molecule has 1 heterocycles. The van der Waals surface area contributed by atoms with Crippen LogP contribution < -0.4 is 5.32 Å². The Labute approximate surface area is 132 Å². The lowest BCUT2D eigenvalue weighted by Gasteiger charge is -2.01. The largest absolute Gasteiger partial charge is 0.403 e. The highest BCUT2D eigenvalue weighted by Gasteiger charge is 2.13. The maximum atomic E-state index is 12.9. The van der Waals surface area contributed by atoms with Crippen molar-refractivity contribution in [1.82, 2.24) is 10.2 Å². The topological polar surface area (TPSA) is 68.0 Å². The molecule has 0 aliphatic rings. The van der Waals surface area contributed by atoms with E-state index in [2.05, 4.69) is 15.5 Å². The molecule has 2 aromatic carbocycles. The van der Waals surface area contributed by atoms with E-state index in [4.69, 9.17) is 4.42 Å². The van der Waals surface area contributed by atoms with Crippen LogP contribution in [0.2, 0.25) is 0 Å². The first-order chi connectivity index (χ1) is 11.0. The van der Waals surface area contributed by atoms with Gasteiger partial charge in [-0.1, -0.05) is 22.3 Å². The van der Waals surface area contributed by atoms with Crippen molar-refractivity contribution in [2.45, 2.75) is 13.8 Å². The minimum Gasteiger partial charge on any atom is -0.403 e. The Morgan fingerprint density at radius 2 is 1.70 bits per heavy atom. The summed E-state index contributed by atoms with van der Waals surface area (Å²) in [6.07, 6.45) is 0. The number of anilines is 1. The molecule has 0 aliphatic heterocycles. The molecule has 116 valence electrons. The molecule has 5 nitrogen and oxygen atoms in total. The summed E-state index contributed by atoms with van der Waals surface area (Å²) in [6, 6.07) is 11.1. The number of nitrogens with zero attached hydrogens (tertiary/aromatic N) is 2. The number of carbonyl (C=O) groups is 1. The van der Waals surface area contributed by atoms with Gasteiger partial charge >= 0.3 is 6.01 Å². The highest BCUT2D eigenvalue weighted by molar-refractivity contribution is 6.03. The Morgan fingerprint density at radius 3 is 2.35 bits per heavy atom. The van der Waals surface area contributed by atoms with Crippen LogP contribution in [0.3, 0.4) is 0 Å². The first-order valence-corrected chi connectivity index (χ1v) is 7.00. The molecule has 0 fully saturated rings. The highest BCUT2D eigenvalue weighted by Crippen LogP contribution is 2.22. The van der Waals surface area contributed by atoms with E-state index in [0.717, 1.165) is 16.7 Å². The van der Waals surface area contributed by atoms with Gasteiger partial charge in [-0.2, -0.15) is 0 Å². The number of aromatic nitrogens is 2. The molecule has 0 saturated heterocycles. The van der Waals surface area contributed by atoms with Gasteiger partial charge in [0.15, 0.2) is 0 Å². The number of amides is 1. The van der Waals surface area contributed by atoms with Gasteiger partial charge in [0, 0.05) is 11.1 Å². The fourth-order valence-electron chi connectivity index (χ4n) is 2.26. The first kappa shape index (κ1) is 14.9. The number of hydrogen-bond donors (Lipinski definition) is 1. The molecule has 1 N–H and O–H groups in total. The Kier molecular flexibility index (Phi) is 3.89. The maximum absolute atomic E-state index is 12.9. The Hall–Kier alpha value is -3.02. The van der Waals surface area contributed by atoms with E-state index >= 15 is 0 Å². The minimum absolute atomic E-state index is 0.00603. The summed E-state index contributed by atoms with van der Waals surface area (Å²) in [6.45, 7) is 3.95. The molecule has 0 atom stereocenters. The number of carbonyl (C=O) groups excluding carboxylic acids is 1. The number of halogens is 1. The number of aryl methyl sites for hydroxylation is 2. The zero-order valence-corrected chi connectivity index (χ0v) is 12.6. The van der Waals surface area contributed by atoms with E-state index < -0.39 is 11.7 Å². The minimum atomic E-state index is -0.444. The second-order valence-electron chi connectivity index (χ2n) is 5.25. The van der Waals surface area contributed by atoms with Crippen molar-refractivity contribution >= 4 is 11.9 Å². The quantitative estimate of drug-likeness (QED) is 0.800. The van der Waals surface area contributed by atoms with Gasteiger partial charge in [-0.05, 0) is 50.2 Å². The summed E-state index contributed by atoms with van der Waals surface area (Å²) < 4.78 is 18.3. The normalized spacial score (nSPS) is 10.6. The van der Waals surface area contributed by atoms with Gasteiger partial charge in [0.2, 0.25) is 5.89 Å². The van der Waals surface area contributed by atoms with Crippen LogP contribution in [-0.4, -0.2) is 16.1 Å². The number of nitrogens with one attached hydrogen (secondary N) is 1. The van der Waals surface area contributed by atoms with Crippen LogP contribution in [0.1, 0.15) is 21.5 Å². The summed E-state index contributed by atoms with van der Waals surface area (Å²) in [7, 11) is 0. The molecule has 3 aromatic rings. The third-order valence-electron chi connectivity index (χ3n) is 3.22. The van der Waals surface area contributed by atoms with Crippen LogP contribution in [-0.2, 0) is 0 Å². The lowest BCUT2D eigenvalue weighted by Crippen LogP contribution is -2.12. The van der Waals surface area contributed by atoms with E-state index in [1.165, 1.54) is 24.3 Å². The summed E-state index contributed by atoms with van der Waals surface area (Å²) in [5.41, 5.74) is 3.25. The van der Waals surface area contributed by atoms with E-state index in [9.17, 15) is 9.18 Å². The number of benzene rings is 2. The van der Waals surface area contributed by atoms with E-state index in [1.807, 2.05) is 32.0 Å². The lowest BCUT2D eigenvalue weighted by atomic mass is 10.1. The lowest BCUT2D eigenvalue weighted by molar-refractivity contribution is 0.102. The molecule has 1 amide bonds. The standard InChI is InChI=1S/C17H14FN3O2/c1-10-7-11(2)9-13(8-10)16-20-21-17(23-16)19-15(22)12-3-5-14(18)6-4-12/h3-9H,1-2H3,(H,19,21,22). The second kappa shape index (κ2) is 6.00. The zero-order chi connectivity index (χ0) is 16.4. The zero-order valence-electron chi connectivity index (χ0n) is 12.6. The summed E-state index contributed by atoms with van der Waals surface area (Å²) in [5.74, 6) is -0.525. The van der Waals surface area contributed by atoms with Crippen molar-refractivity contribution in [2.24, 2.45) is 0 Å². The fraction of sp³-hybridized carbons (Fsp3) is 0.118. The average molecular weight is 311 g/mol. The molecule has 3 rings (SSSR count). The Balaban J connectivity index is 1.79. The molecule has 0 bridgehead atoms. The van der Waals surface area contributed by atoms with Crippen molar-refractivity contribution < 1.29 is 13.6 Å². The molecule has 0 saturated carbocycles. The van der Waals surface area contributed by atoms with Crippen LogP contribution >= 0.6 is 0 Å². The van der Waals surface area contributed by atoms with Gasteiger partial charge in [-0.15, -0.1) is 5.10 Å². The van der Waals surface area contributed by atoms with E-state index in [-0.39, 0.29) is 6.01 Å². The molecule has 0 spiro atoms. The van der Waals surface area contributed by atoms with Crippen molar-refractivity contribution in [3.05, 3.63) is 65.0 Å². The molecule has 23 heavy (non-hydrogen) atoms. The van der Waals surface area contributed by atoms with Gasteiger partial charge in [-0.25, -0.2) is 4.39 Å². The molecule has 0 radical (unpaired) electrons. The Bertz CT molecular complexity index is 836. The molecular formula is C17H14FN3O2. The smallest absolute Gasteiger partial charge is 0.322 e. The summed E-state index contributed by atoms with van der Waals surface area (Å²) >= 11 is 0. The van der Waals surface area contributed by atoms with Crippen molar-refractivity contribution in [3.8, 4) is 11.5 Å². The highest BCUT2D eigenvalue weighted by atomic mass is 19.1. The average Bonchev–Trinajstić information content (AvgIpc) is 2.95. The summed E-state index contributed by atoms with van der Waals surface area (Å²) in [4.78, 5) is 12.0. The maximum Gasteiger partial charge on any atom is 0.322 e. The SMILES string of the molecule is Cc1cc(C)cc(-c2nnc(NC(=O)c3ccc(F)cc3)o2)c1. The molecule has 0 aliphatic carbocycles. The molecule has 1 aromatic heterocycles. The fourth-order valence-corrected chi connectivity index (χ4v) is 2.26. The predicted octanol–water partition coefficient (Wildman–Crippen LogP) is 3.74. The van der Waals surface area contributed by atoms with Crippen molar-refractivity contribution in [3.63, 3.8) is 0 Å². The van der Waals surface area contributed by atoms with Crippen LogP contribution in [0.5, 0.6) is 0 Å². The van der Waals surface area contributed by atoms with Crippen molar-refractivity contribution in [1.29, 1.82) is 0 Å².